The number of aryl methyl sites for hydroxylation is 2. The van der Waals surface area contributed by atoms with Crippen LogP contribution in [0.15, 0.2) is 21.3 Å². The topological polar surface area (TPSA) is 94.8 Å². The Morgan fingerprint density at radius 3 is 2.41 bits per heavy atom. The molecule has 1 N–H and O–H groups in total. The standard InChI is InChI=1S/C25H33Br2NO6/c1-8-13(2)20(28-24(31)34-25(5,6)7)23(30)33-21-15(4)22-18(14(3)9-19(29)32-22)11-16(21)10-17(27)12-26/h9,11,13,17,20H,8,10,12H2,1-7H3,(H,28,31)/t13-,17?,20+/m1/s1. The fourth-order valence-corrected chi connectivity index (χ4v) is 4.09. The number of amides is 1. The number of ether oxygens (including phenoxy) is 2. The summed E-state index contributed by atoms with van der Waals surface area (Å²) < 4.78 is 16.7. The van der Waals surface area contributed by atoms with Crippen molar-refractivity contribution in [3.63, 3.8) is 0 Å². The van der Waals surface area contributed by atoms with Crippen molar-refractivity contribution >= 4 is 54.9 Å². The minimum atomic E-state index is -0.914. The highest BCUT2D eigenvalue weighted by Gasteiger charge is 2.31. The van der Waals surface area contributed by atoms with E-state index >= 15 is 0 Å². The quantitative estimate of drug-likeness (QED) is 0.173. The van der Waals surface area contributed by atoms with Crippen molar-refractivity contribution in [1.82, 2.24) is 5.32 Å². The number of rotatable bonds is 8. The SMILES string of the molecule is CC[C@@H](C)[C@H](NC(=O)OC(C)(C)C)C(=O)Oc1c(CC(Br)CBr)cc2c(C)cc(=O)oc2c1C. The highest BCUT2D eigenvalue weighted by molar-refractivity contribution is 9.12. The number of carbonyl (C=O) groups excluding carboxylic acids is 2. The molecule has 1 aromatic heterocycles. The molecule has 0 saturated carbocycles. The fraction of sp³-hybridized carbons (Fsp3) is 0.560. The van der Waals surface area contributed by atoms with Gasteiger partial charge in [-0.3, -0.25) is 0 Å². The number of alkyl carbamates (subject to hydrolysis) is 1. The summed E-state index contributed by atoms with van der Waals surface area (Å²) in [5.41, 5.74) is 1.32. The number of carbonyl (C=O) groups is 2. The van der Waals surface area contributed by atoms with Gasteiger partial charge in [0.05, 0.1) is 0 Å². The van der Waals surface area contributed by atoms with E-state index in [1.54, 1.807) is 27.7 Å². The molecule has 0 fully saturated rings. The van der Waals surface area contributed by atoms with Crippen LogP contribution >= 0.6 is 31.9 Å². The molecule has 0 saturated heterocycles. The second kappa shape index (κ2) is 11.7. The second-order valence-electron chi connectivity index (χ2n) is 9.50. The molecular formula is C25H33Br2NO6. The van der Waals surface area contributed by atoms with Gasteiger partial charge in [-0.05, 0) is 64.2 Å². The summed E-state index contributed by atoms with van der Waals surface area (Å²) in [5, 5.41) is 4.14. The maximum atomic E-state index is 13.3. The molecule has 0 spiro atoms. The van der Waals surface area contributed by atoms with Crippen LogP contribution in [0.1, 0.15) is 57.7 Å². The van der Waals surface area contributed by atoms with Gasteiger partial charge in [0.25, 0.3) is 0 Å². The van der Waals surface area contributed by atoms with Crippen molar-refractivity contribution in [3.05, 3.63) is 39.2 Å². The first-order valence-electron chi connectivity index (χ1n) is 11.3. The van der Waals surface area contributed by atoms with Crippen LogP contribution in [0.5, 0.6) is 5.75 Å². The lowest BCUT2D eigenvalue weighted by Crippen LogP contribution is -2.48. The number of alkyl halides is 2. The van der Waals surface area contributed by atoms with Crippen molar-refractivity contribution in [2.45, 2.75) is 77.8 Å². The molecule has 0 radical (unpaired) electrons. The van der Waals surface area contributed by atoms with Crippen molar-refractivity contribution in [2.24, 2.45) is 5.92 Å². The number of esters is 1. The van der Waals surface area contributed by atoms with Gasteiger partial charge in [0.15, 0.2) is 0 Å². The molecule has 34 heavy (non-hydrogen) atoms. The molecule has 188 valence electrons. The summed E-state index contributed by atoms with van der Waals surface area (Å²) in [4.78, 5) is 37.9. The highest BCUT2D eigenvalue weighted by atomic mass is 79.9. The predicted octanol–water partition coefficient (Wildman–Crippen LogP) is 5.96. The summed E-state index contributed by atoms with van der Waals surface area (Å²) >= 11 is 7.09. The molecule has 7 nitrogen and oxygen atoms in total. The lowest BCUT2D eigenvalue weighted by Gasteiger charge is -2.26. The lowest BCUT2D eigenvalue weighted by atomic mass is 9.98. The van der Waals surface area contributed by atoms with Gasteiger partial charge >= 0.3 is 17.7 Å². The van der Waals surface area contributed by atoms with E-state index in [2.05, 4.69) is 37.2 Å². The Bertz CT molecular complexity index is 1110. The number of fused-ring (bicyclic) bond motifs is 1. The van der Waals surface area contributed by atoms with Crippen LogP contribution in [0.3, 0.4) is 0 Å². The van der Waals surface area contributed by atoms with E-state index in [1.165, 1.54) is 6.07 Å². The van der Waals surface area contributed by atoms with Crippen LogP contribution in [0, 0.1) is 19.8 Å². The van der Waals surface area contributed by atoms with Gasteiger partial charge in [-0.25, -0.2) is 14.4 Å². The highest BCUT2D eigenvalue weighted by Crippen LogP contribution is 2.35. The molecule has 0 aliphatic heterocycles. The van der Waals surface area contributed by atoms with E-state index in [9.17, 15) is 14.4 Å². The van der Waals surface area contributed by atoms with Crippen molar-refractivity contribution < 1.29 is 23.5 Å². The third-order valence-electron chi connectivity index (χ3n) is 5.45. The Balaban J connectivity index is 2.52. The summed E-state index contributed by atoms with van der Waals surface area (Å²) in [6.45, 7) is 12.6. The first-order chi connectivity index (χ1) is 15.8. The molecule has 2 rings (SSSR count). The van der Waals surface area contributed by atoms with Crippen molar-refractivity contribution in [1.29, 1.82) is 0 Å². The summed E-state index contributed by atoms with van der Waals surface area (Å²) in [5.74, 6) is -0.476. The van der Waals surface area contributed by atoms with Gasteiger partial charge in [0.2, 0.25) is 0 Å². The van der Waals surface area contributed by atoms with E-state index in [0.717, 1.165) is 16.5 Å². The zero-order valence-electron chi connectivity index (χ0n) is 20.7. The Labute approximate surface area is 217 Å². The first kappa shape index (κ1) is 28.4. The van der Waals surface area contributed by atoms with E-state index in [4.69, 9.17) is 13.9 Å². The Morgan fingerprint density at radius 2 is 1.85 bits per heavy atom. The van der Waals surface area contributed by atoms with Crippen LogP contribution in [0.4, 0.5) is 4.79 Å². The minimum Gasteiger partial charge on any atom is -0.444 e. The van der Waals surface area contributed by atoms with E-state index in [1.807, 2.05) is 26.8 Å². The summed E-state index contributed by atoms with van der Waals surface area (Å²) in [6.07, 6.45) is 0.517. The van der Waals surface area contributed by atoms with Crippen molar-refractivity contribution in [2.75, 3.05) is 5.33 Å². The molecular weight excluding hydrogens is 570 g/mol. The molecule has 0 aliphatic carbocycles. The van der Waals surface area contributed by atoms with E-state index < -0.39 is 29.3 Å². The molecule has 1 heterocycles. The average molecular weight is 603 g/mol. The maximum absolute atomic E-state index is 13.3. The Hall–Kier alpha value is -1.87. The molecule has 1 aromatic carbocycles. The second-order valence-corrected chi connectivity index (χ2v) is 11.4. The number of nitrogens with one attached hydrogen (secondary N) is 1. The van der Waals surface area contributed by atoms with Crippen LogP contribution in [-0.2, 0) is 16.0 Å². The molecule has 2 aromatic rings. The number of halogens is 2. The van der Waals surface area contributed by atoms with Gasteiger partial charge in [0.1, 0.15) is 23.0 Å². The molecule has 1 amide bonds. The normalized spacial score (nSPS) is 14.4. The molecule has 3 atom stereocenters. The average Bonchev–Trinajstić information content (AvgIpc) is 2.73. The van der Waals surface area contributed by atoms with Gasteiger partial charge in [-0.2, -0.15) is 0 Å². The third-order valence-corrected chi connectivity index (χ3v) is 7.75. The van der Waals surface area contributed by atoms with Gasteiger partial charge in [-0.1, -0.05) is 52.1 Å². The first-order valence-corrected chi connectivity index (χ1v) is 13.3. The smallest absolute Gasteiger partial charge is 0.408 e. The molecule has 0 bridgehead atoms. The minimum absolute atomic E-state index is 0.0862. The molecule has 9 heteroatoms. The maximum Gasteiger partial charge on any atom is 0.408 e. The van der Waals surface area contributed by atoms with Gasteiger partial charge in [-0.15, -0.1) is 0 Å². The van der Waals surface area contributed by atoms with Crippen molar-refractivity contribution in [3.8, 4) is 5.75 Å². The predicted molar refractivity (Wildman–Crippen MR) is 140 cm³/mol. The summed E-state index contributed by atoms with van der Waals surface area (Å²) in [6, 6.07) is 2.42. The van der Waals surface area contributed by atoms with Crippen LogP contribution in [0.25, 0.3) is 11.0 Å². The van der Waals surface area contributed by atoms with Crippen LogP contribution in [-0.4, -0.2) is 33.9 Å². The molecule has 0 aliphatic rings. The monoisotopic (exact) mass is 601 g/mol. The fourth-order valence-electron chi connectivity index (χ4n) is 3.51. The van der Waals surface area contributed by atoms with Gasteiger partial charge in [0, 0.05) is 27.2 Å². The van der Waals surface area contributed by atoms with E-state index in [0.29, 0.717) is 35.1 Å². The molecule has 1 unspecified atom stereocenters. The van der Waals surface area contributed by atoms with Crippen LogP contribution in [0.2, 0.25) is 0 Å². The third kappa shape index (κ3) is 7.31. The number of hydrogen-bond acceptors (Lipinski definition) is 6. The zero-order chi connectivity index (χ0) is 25.8. The van der Waals surface area contributed by atoms with Gasteiger partial charge < -0.3 is 19.2 Å². The lowest BCUT2D eigenvalue weighted by molar-refractivity contribution is -0.138. The summed E-state index contributed by atoms with van der Waals surface area (Å²) in [7, 11) is 0. The number of hydrogen-bond donors (Lipinski definition) is 1. The largest absolute Gasteiger partial charge is 0.444 e. The van der Waals surface area contributed by atoms with E-state index in [-0.39, 0.29) is 10.7 Å². The zero-order valence-corrected chi connectivity index (χ0v) is 23.9. The number of benzene rings is 1. The Kier molecular flexibility index (Phi) is 9.77. The Morgan fingerprint density at radius 1 is 1.21 bits per heavy atom. The van der Waals surface area contributed by atoms with Crippen LogP contribution < -0.4 is 15.7 Å².